The van der Waals surface area contributed by atoms with Gasteiger partial charge < -0.3 is 5.11 Å². The third-order valence-corrected chi connectivity index (χ3v) is 1.16. The molecule has 1 N–H and O–H groups in total. The highest BCUT2D eigenvalue weighted by molar-refractivity contribution is 7.80. The Morgan fingerprint density at radius 1 is 1.50 bits per heavy atom. The fourth-order valence-corrected chi connectivity index (χ4v) is 0.638. The van der Waals surface area contributed by atoms with Crippen LogP contribution in [0.15, 0.2) is 0 Å². The summed E-state index contributed by atoms with van der Waals surface area (Å²) in [5, 5.41) is 10.4. The Morgan fingerprint density at radius 3 is 1.88 bits per heavy atom. The van der Waals surface area contributed by atoms with E-state index in [1.165, 1.54) is 0 Å². The summed E-state index contributed by atoms with van der Waals surface area (Å²) >= 11 is 8.69. The van der Waals surface area contributed by atoms with E-state index in [0.29, 0.717) is 0 Å². The second-order valence-corrected chi connectivity index (χ2v) is 1.68. The minimum atomic E-state index is -0.991. The van der Waals surface area contributed by atoms with Crippen LogP contribution in [0.25, 0.3) is 0 Å². The highest BCUT2D eigenvalue weighted by atomic mass is 32.1. The second kappa shape index (κ2) is 3.63. The van der Waals surface area contributed by atoms with E-state index in [1.54, 1.807) is 0 Å². The van der Waals surface area contributed by atoms with Gasteiger partial charge in [0.05, 0.1) is 0 Å². The summed E-state index contributed by atoms with van der Waals surface area (Å²) in [7, 11) is 0. The van der Waals surface area contributed by atoms with Crippen LogP contribution in [0.1, 0.15) is 0 Å². The van der Waals surface area contributed by atoms with Crippen molar-refractivity contribution >= 4 is 41.1 Å². The predicted molar refractivity (Wildman–Crippen MR) is 38.4 cm³/mol. The predicted octanol–water partition coefficient (Wildman–Crippen LogP) is 0.687. The Bertz CT molecular complexity index is 113. The van der Waals surface area contributed by atoms with E-state index >= 15 is 0 Å². The number of carboxylic acid groups (broad SMARTS) is 1. The average Bonchev–Trinajstić information content (AvgIpc) is 1.69. The van der Waals surface area contributed by atoms with Gasteiger partial charge in [0.2, 0.25) is 0 Å². The Morgan fingerprint density at radius 2 is 1.88 bits per heavy atom. The molecule has 0 radical (unpaired) electrons. The molecule has 0 heterocycles. The summed E-state index contributed by atoms with van der Waals surface area (Å²) in [5.74, 6) is -1.74. The summed E-state index contributed by atoms with van der Waals surface area (Å²) in [6, 6.07) is 0. The Balaban J connectivity index is 3.88. The van der Waals surface area contributed by atoms with E-state index in [9.17, 15) is 4.79 Å². The molecule has 0 aliphatic carbocycles. The standard InChI is InChI=1S/C4H4O2S2/c5-4(6)3(1-7)2-8/h1-3H,(H,5,6). The number of rotatable bonds is 3. The fourth-order valence-electron chi connectivity index (χ4n) is 0.148. The largest absolute Gasteiger partial charge is 0.481 e. The van der Waals surface area contributed by atoms with Crippen LogP contribution in [0.4, 0.5) is 0 Å². The molecule has 0 aromatic heterocycles. The van der Waals surface area contributed by atoms with Gasteiger partial charge in [0.15, 0.2) is 0 Å². The van der Waals surface area contributed by atoms with Gasteiger partial charge in [-0.25, -0.2) is 0 Å². The van der Waals surface area contributed by atoms with E-state index in [2.05, 4.69) is 24.4 Å². The summed E-state index contributed by atoms with van der Waals surface area (Å²) in [6.45, 7) is 0. The van der Waals surface area contributed by atoms with Crippen molar-refractivity contribution in [1.29, 1.82) is 0 Å². The maximum absolute atomic E-state index is 9.97. The van der Waals surface area contributed by atoms with Gasteiger partial charge in [0.25, 0.3) is 0 Å². The summed E-state index contributed by atoms with van der Waals surface area (Å²) < 4.78 is 0. The number of aliphatic carboxylic acids is 1. The molecule has 0 spiro atoms. The molecular weight excluding hydrogens is 144 g/mol. The van der Waals surface area contributed by atoms with Gasteiger partial charge in [-0.15, -0.1) is 0 Å². The first-order valence-electron chi connectivity index (χ1n) is 1.85. The average molecular weight is 148 g/mol. The van der Waals surface area contributed by atoms with Gasteiger partial charge >= 0.3 is 5.97 Å². The monoisotopic (exact) mass is 148 g/mol. The molecule has 0 aliphatic rings. The van der Waals surface area contributed by atoms with Crippen LogP contribution in [0, 0.1) is 5.92 Å². The zero-order valence-electron chi connectivity index (χ0n) is 3.90. The molecule has 2 nitrogen and oxygen atoms in total. The Hall–Kier alpha value is -0.350. The number of hydrogen-bond acceptors (Lipinski definition) is 3. The maximum Gasteiger partial charge on any atom is 0.315 e. The van der Waals surface area contributed by atoms with Crippen molar-refractivity contribution in [2.75, 3.05) is 0 Å². The summed E-state index contributed by atoms with van der Waals surface area (Å²) in [4.78, 5) is 9.97. The highest BCUT2D eigenvalue weighted by Gasteiger charge is 2.07. The fraction of sp³-hybridized carbons (Fsp3) is 0.250. The van der Waals surface area contributed by atoms with Crippen LogP contribution < -0.4 is 0 Å². The SMILES string of the molecule is O=C(O)C(C=S)C=S. The molecule has 0 atom stereocenters. The molecule has 0 aromatic rings. The molecule has 0 unspecified atom stereocenters. The molecule has 8 heavy (non-hydrogen) atoms. The quantitative estimate of drug-likeness (QED) is 0.597. The van der Waals surface area contributed by atoms with Crippen molar-refractivity contribution in [3.8, 4) is 0 Å². The van der Waals surface area contributed by atoms with E-state index in [-0.39, 0.29) is 0 Å². The highest BCUT2D eigenvalue weighted by Crippen LogP contribution is 1.86. The lowest BCUT2D eigenvalue weighted by Crippen LogP contribution is -2.13. The molecule has 0 saturated heterocycles. The van der Waals surface area contributed by atoms with Crippen LogP contribution in [0.5, 0.6) is 0 Å². The van der Waals surface area contributed by atoms with Gasteiger partial charge in [-0.1, -0.05) is 24.4 Å². The molecular formula is C4H4O2S2. The van der Waals surface area contributed by atoms with Crippen LogP contribution in [-0.2, 0) is 4.79 Å². The van der Waals surface area contributed by atoms with Crippen LogP contribution in [0.2, 0.25) is 0 Å². The molecule has 0 bridgehead atoms. The van der Waals surface area contributed by atoms with E-state index in [0.717, 1.165) is 10.7 Å². The van der Waals surface area contributed by atoms with Crippen molar-refractivity contribution in [3.63, 3.8) is 0 Å². The number of hydrogen-bond donors (Lipinski definition) is 1. The maximum atomic E-state index is 9.97. The first-order valence-corrected chi connectivity index (χ1v) is 2.80. The molecule has 0 aromatic carbocycles. The lowest BCUT2D eigenvalue weighted by molar-refractivity contribution is -0.137. The number of carboxylic acids is 1. The van der Waals surface area contributed by atoms with Gasteiger partial charge in [0, 0.05) is 0 Å². The molecule has 0 aliphatic heterocycles. The van der Waals surface area contributed by atoms with Crippen LogP contribution in [0.3, 0.4) is 0 Å². The number of carbonyl (C=O) groups is 1. The minimum Gasteiger partial charge on any atom is -0.481 e. The van der Waals surface area contributed by atoms with E-state index in [1.807, 2.05) is 0 Å². The van der Waals surface area contributed by atoms with Crippen LogP contribution >= 0.6 is 24.4 Å². The zero-order chi connectivity index (χ0) is 6.57. The topological polar surface area (TPSA) is 37.3 Å². The van der Waals surface area contributed by atoms with Gasteiger partial charge in [0.1, 0.15) is 5.92 Å². The van der Waals surface area contributed by atoms with Crippen molar-refractivity contribution in [2.45, 2.75) is 0 Å². The van der Waals surface area contributed by atoms with Crippen molar-refractivity contribution < 1.29 is 9.90 Å². The van der Waals surface area contributed by atoms with Crippen molar-refractivity contribution in [1.82, 2.24) is 0 Å². The minimum absolute atomic E-state index is 0.750. The summed E-state index contributed by atoms with van der Waals surface area (Å²) in [6.07, 6.45) is 0. The molecule has 0 fully saturated rings. The third-order valence-electron chi connectivity index (χ3n) is 0.578. The smallest absolute Gasteiger partial charge is 0.315 e. The molecule has 0 amide bonds. The van der Waals surface area contributed by atoms with Crippen molar-refractivity contribution in [3.05, 3.63) is 0 Å². The Kier molecular flexibility index (Phi) is 3.47. The second-order valence-electron chi connectivity index (χ2n) is 1.14. The van der Waals surface area contributed by atoms with E-state index < -0.39 is 11.9 Å². The van der Waals surface area contributed by atoms with Gasteiger partial charge in [-0.2, -0.15) is 0 Å². The zero-order valence-corrected chi connectivity index (χ0v) is 5.54. The van der Waals surface area contributed by atoms with Crippen LogP contribution in [-0.4, -0.2) is 21.8 Å². The van der Waals surface area contributed by atoms with Gasteiger partial charge in [-0.3, -0.25) is 4.79 Å². The molecule has 0 saturated carbocycles. The molecule has 0 rings (SSSR count). The first-order chi connectivity index (χ1) is 3.72. The third kappa shape index (κ3) is 2.09. The lowest BCUT2D eigenvalue weighted by Gasteiger charge is -1.92. The Labute approximate surface area is 57.5 Å². The molecule has 44 valence electrons. The first kappa shape index (κ1) is 7.65. The van der Waals surface area contributed by atoms with Crippen molar-refractivity contribution in [2.24, 2.45) is 5.92 Å². The molecule has 4 heteroatoms. The summed E-state index contributed by atoms with van der Waals surface area (Å²) in [5.41, 5.74) is 0. The normalized spacial score (nSPS) is 8.62. The number of thiocarbonyl (C=S) groups is 2. The van der Waals surface area contributed by atoms with E-state index in [4.69, 9.17) is 5.11 Å². The van der Waals surface area contributed by atoms with Gasteiger partial charge in [-0.05, 0) is 10.7 Å². The lowest BCUT2D eigenvalue weighted by atomic mass is 10.2.